The molecule has 152 valence electrons. The first-order chi connectivity index (χ1) is 14.1. The maximum atomic E-state index is 12.8. The van der Waals surface area contributed by atoms with Crippen molar-refractivity contribution < 1.29 is 14.3 Å². The van der Waals surface area contributed by atoms with E-state index in [2.05, 4.69) is 11.4 Å². The predicted molar refractivity (Wildman–Crippen MR) is 110 cm³/mol. The van der Waals surface area contributed by atoms with Crippen molar-refractivity contribution in [2.75, 3.05) is 6.61 Å². The number of nitrogens with one attached hydrogen (secondary N) is 1. The SMILES string of the molecule is N#CC1(NC(=O)COC(=O)[C@H]2CCCC[C@@H]2c2nc3ccccc3s2)CCCC1. The smallest absolute Gasteiger partial charge is 0.310 e. The molecule has 1 aromatic carbocycles. The zero-order chi connectivity index (χ0) is 20.3. The van der Waals surface area contributed by atoms with E-state index in [-0.39, 0.29) is 24.4 Å². The van der Waals surface area contributed by atoms with Gasteiger partial charge in [-0.2, -0.15) is 5.26 Å². The van der Waals surface area contributed by atoms with Gasteiger partial charge in [0.1, 0.15) is 5.54 Å². The minimum Gasteiger partial charge on any atom is -0.455 e. The lowest BCUT2D eigenvalue weighted by molar-refractivity contribution is -0.154. The highest BCUT2D eigenvalue weighted by Crippen LogP contribution is 2.41. The number of nitrogens with zero attached hydrogens (tertiary/aromatic N) is 2. The van der Waals surface area contributed by atoms with E-state index in [1.807, 2.05) is 24.3 Å². The molecule has 0 bridgehead atoms. The number of thiazole rings is 1. The van der Waals surface area contributed by atoms with Gasteiger partial charge in [0, 0.05) is 5.92 Å². The Morgan fingerprint density at radius 2 is 1.97 bits per heavy atom. The fourth-order valence-corrected chi connectivity index (χ4v) is 5.71. The van der Waals surface area contributed by atoms with Crippen LogP contribution in [0.4, 0.5) is 0 Å². The summed E-state index contributed by atoms with van der Waals surface area (Å²) in [7, 11) is 0. The molecule has 1 aromatic heterocycles. The molecular weight excluding hydrogens is 386 g/mol. The van der Waals surface area contributed by atoms with Crippen molar-refractivity contribution in [3.05, 3.63) is 29.3 Å². The Kier molecular flexibility index (Phi) is 5.81. The fourth-order valence-electron chi connectivity index (χ4n) is 4.55. The Balaban J connectivity index is 1.40. The van der Waals surface area contributed by atoms with Gasteiger partial charge in [-0.1, -0.05) is 25.0 Å². The summed E-state index contributed by atoms with van der Waals surface area (Å²) >= 11 is 1.64. The Hall–Kier alpha value is -2.46. The number of esters is 1. The highest BCUT2D eigenvalue weighted by Gasteiger charge is 2.37. The molecule has 6 nitrogen and oxygen atoms in total. The summed E-state index contributed by atoms with van der Waals surface area (Å²) < 4.78 is 6.51. The molecule has 2 saturated carbocycles. The summed E-state index contributed by atoms with van der Waals surface area (Å²) in [5, 5.41) is 13.1. The summed E-state index contributed by atoms with van der Waals surface area (Å²) in [6.07, 6.45) is 6.88. The molecule has 1 amide bonds. The molecule has 7 heteroatoms. The van der Waals surface area contributed by atoms with Gasteiger partial charge < -0.3 is 10.1 Å². The molecule has 29 heavy (non-hydrogen) atoms. The number of rotatable bonds is 5. The number of amides is 1. The Labute approximate surface area is 174 Å². The second-order valence-corrected chi connectivity index (χ2v) is 9.14. The number of carbonyl (C=O) groups is 2. The standard InChI is InChI=1S/C22H25N3O3S/c23-14-22(11-5-6-12-22)25-19(26)13-28-21(27)16-8-2-1-7-15(16)20-24-17-9-3-4-10-18(17)29-20/h3-4,9-10,15-16H,1-2,5-8,11-13H2,(H,25,26)/t15-,16-/m0/s1. The third-order valence-electron chi connectivity index (χ3n) is 6.09. The number of hydrogen-bond donors (Lipinski definition) is 1. The molecular formula is C22H25N3O3S. The number of fused-ring (bicyclic) bond motifs is 1. The van der Waals surface area contributed by atoms with Gasteiger partial charge in [0.15, 0.2) is 6.61 Å². The lowest BCUT2D eigenvalue weighted by Crippen LogP contribution is -2.47. The molecule has 0 unspecified atom stereocenters. The van der Waals surface area contributed by atoms with Crippen LogP contribution in [0.3, 0.4) is 0 Å². The Bertz CT molecular complexity index is 909. The number of hydrogen-bond acceptors (Lipinski definition) is 6. The van der Waals surface area contributed by atoms with Gasteiger partial charge in [-0.05, 0) is 50.7 Å². The van der Waals surface area contributed by atoms with Crippen molar-refractivity contribution in [1.29, 1.82) is 5.26 Å². The van der Waals surface area contributed by atoms with Gasteiger partial charge in [-0.25, -0.2) is 4.98 Å². The molecule has 2 fully saturated rings. The Morgan fingerprint density at radius 3 is 2.72 bits per heavy atom. The largest absolute Gasteiger partial charge is 0.455 e. The van der Waals surface area contributed by atoms with E-state index in [1.165, 1.54) is 0 Å². The molecule has 0 spiro atoms. The van der Waals surface area contributed by atoms with E-state index in [1.54, 1.807) is 11.3 Å². The lowest BCUT2D eigenvalue weighted by Gasteiger charge is -2.28. The molecule has 0 saturated heterocycles. The molecule has 0 radical (unpaired) electrons. The second kappa shape index (κ2) is 8.50. The van der Waals surface area contributed by atoms with Crippen molar-refractivity contribution in [1.82, 2.24) is 10.3 Å². The van der Waals surface area contributed by atoms with Crippen molar-refractivity contribution in [3.63, 3.8) is 0 Å². The highest BCUT2D eigenvalue weighted by molar-refractivity contribution is 7.18. The molecule has 2 atom stereocenters. The monoisotopic (exact) mass is 411 g/mol. The van der Waals surface area contributed by atoms with E-state index in [0.717, 1.165) is 53.7 Å². The quantitative estimate of drug-likeness (QED) is 0.749. The van der Waals surface area contributed by atoms with Crippen LogP contribution in [0, 0.1) is 17.2 Å². The van der Waals surface area contributed by atoms with Crippen LogP contribution >= 0.6 is 11.3 Å². The van der Waals surface area contributed by atoms with Crippen molar-refractivity contribution in [2.24, 2.45) is 5.92 Å². The molecule has 2 aromatic rings. The molecule has 4 rings (SSSR count). The zero-order valence-electron chi connectivity index (χ0n) is 16.4. The average Bonchev–Trinajstić information content (AvgIpc) is 3.39. The molecule has 1 heterocycles. The maximum Gasteiger partial charge on any atom is 0.310 e. The average molecular weight is 412 g/mol. The van der Waals surface area contributed by atoms with E-state index in [4.69, 9.17) is 9.72 Å². The zero-order valence-corrected chi connectivity index (χ0v) is 17.2. The number of para-hydroxylation sites is 1. The van der Waals surface area contributed by atoms with Gasteiger partial charge >= 0.3 is 5.97 Å². The first kappa shape index (κ1) is 19.8. The molecule has 0 aliphatic heterocycles. The first-order valence-electron chi connectivity index (χ1n) is 10.3. The highest BCUT2D eigenvalue weighted by atomic mass is 32.1. The third kappa shape index (κ3) is 4.27. The van der Waals surface area contributed by atoms with Crippen LogP contribution < -0.4 is 5.32 Å². The topological polar surface area (TPSA) is 92.1 Å². The normalized spacial score (nSPS) is 23.4. The van der Waals surface area contributed by atoms with E-state index in [0.29, 0.717) is 12.8 Å². The van der Waals surface area contributed by atoms with E-state index in [9.17, 15) is 14.9 Å². The van der Waals surface area contributed by atoms with Crippen molar-refractivity contribution >= 4 is 33.4 Å². The fraction of sp³-hybridized carbons (Fsp3) is 0.545. The lowest BCUT2D eigenvalue weighted by atomic mass is 9.79. The van der Waals surface area contributed by atoms with Crippen LogP contribution in [0.2, 0.25) is 0 Å². The second-order valence-electron chi connectivity index (χ2n) is 8.07. The summed E-state index contributed by atoms with van der Waals surface area (Å²) in [6, 6.07) is 10.2. The van der Waals surface area contributed by atoms with E-state index >= 15 is 0 Å². The summed E-state index contributed by atoms with van der Waals surface area (Å²) in [4.78, 5) is 29.8. The van der Waals surface area contributed by atoms with Gasteiger partial charge in [-0.3, -0.25) is 9.59 Å². The van der Waals surface area contributed by atoms with Crippen molar-refractivity contribution in [2.45, 2.75) is 62.8 Å². The predicted octanol–water partition coefficient (Wildman–Crippen LogP) is 4.07. The number of aromatic nitrogens is 1. The summed E-state index contributed by atoms with van der Waals surface area (Å²) in [5.41, 5.74) is 0.167. The van der Waals surface area contributed by atoms with Crippen LogP contribution in [-0.4, -0.2) is 29.0 Å². The molecule has 2 aliphatic carbocycles. The van der Waals surface area contributed by atoms with Crippen LogP contribution in [0.1, 0.15) is 62.3 Å². The van der Waals surface area contributed by atoms with Crippen LogP contribution in [0.5, 0.6) is 0 Å². The number of nitriles is 1. The van der Waals surface area contributed by atoms with Crippen LogP contribution in [-0.2, 0) is 14.3 Å². The molecule has 2 aliphatic rings. The Morgan fingerprint density at radius 1 is 1.21 bits per heavy atom. The van der Waals surface area contributed by atoms with E-state index < -0.39 is 11.4 Å². The van der Waals surface area contributed by atoms with Gasteiger partial charge in [0.05, 0.1) is 27.2 Å². The third-order valence-corrected chi connectivity index (χ3v) is 7.26. The van der Waals surface area contributed by atoms with Gasteiger partial charge in [0.2, 0.25) is 0 Å². The van der Waals surface area contributed by atoms with Crippen molar-refractivity contribution in [3.8, 4) is 6.07 Å². The maximum absolute atomic E-state index is 12.8. The number of carbonyl (C=O) groups excluding carboxylic acids is 2. The summed E-state index contributed by atoms with van der Waals surface area (Å²) in [5.74, 6) is -0.957. The molecule has 1 N–H and O–H groups in total. The first-order valence-corrected chi connectivity index (χ1v) is 11.2. The van der Waals surface area contributed by atoms with Crippen LogP contribution in [0.15, 0.2) is 24.3 Å². The van der Waals surface area contributed by atoms with Crippen LogP contribution in [0.25, 0.3) is 10.2 Å². The van der Waals surface area contributed by atoms with Gasteiger partial charge in [0.25, 0.3) is 5.91 Å². The number of ether oxygens (including phenoxy) is 1. The summed E-state index contributed by atoms with van der Waals surface area (Å²) in [6.45, 7) is -0.328. The van der Waals surface area contributed by atoms with Gasteiger partial charge in [-0.15, -0.1) is 11.3 Å². The minimum absolute atomic E-state index is 0.0389. The number of benzene rings is 1. The minimum atomic E-state index is -0.794.